The number of anilines is 2. The summed E-state index contributed by atoms with van der Waals surface area (Å²) in [5.74, 6) is 9.00. The van der Waals surface area contributed by atoms with Crippen LogP contribution < -0.4 is 20.9 Å². The molecule has 3 aliphatic heterocycles. The number of piperidine rings is 1. The van der Waals surface area contributed by atoms with Crippen molar-refractivity contribution in [3.8, 4) is 23.7 Å². The molecule has 0 radical (unpaired) electrons. The Morgan fingerprint density at radius 3 is 2.35 bits per heavy atom. The van der Waals surface area contributed by atoms with E-state index in [-0.39, 0.29) is 52.6 Å². The lowest BCUT2D eigenvalue weighted by atomic mass is 9.98. The number of carbonyl (C=O) groups is 5. The monoisotopic (exact) mass is 698 g/mol. The Kier molecular flexibility index (Phi) is 9.21. The Morgan fingerprint density at radius 1 is 0.961 bits per heavy atom. The first-order valence-electron chi connectivity index (χ1n) is 16.3. The Hall–Kier alpha value is -5.89. The Labute approximate surface area is 291 Å². The SMILES string of the molecule is CC(C)(N/C=C(/C#CC1CN(c2ccc3c(c2)C(=O)N(C2CCC(=O)NC2=O)C3=O)C1)C=N)C(=O)Nc1ccc(C(F)(F)F)cc1C#CC1CC1. The summed E-state index contributed by atoms with van der Waals surface area (Å²) in [5.41, 5.74) is -0.505. The number of nitrogens with zero attached hydrogens (tertiary/aromatic N) is 2. The highest BCUT2D eigenvalue weighted by atomic mass is 19.4. The lowest BCUT2D eigenvalue weighted by molar-refractivity contribution is -0.138. The molecular formula is C37H33F3N6O5. The fraction of sp³-hybridized carbons (Fsp3) is 0.351. The van der Waals surface area contributed by atoms with Crippen molar-refractivity contribution < 1.29 is 37.1 Å². The van der Waals surface area contributed by atoms with Crippen molar-refractivity contribution in [1.82, 2.24) is 15.5 Å². The van der Waals surface area contributed by atoms with E-state index in [2.05, 4.69) is 39.6 Å². The summed E-state index contributed by atoms with van der Waals surface area (Å²) in [5, 5.41) is 15.6. The van der Waals surface area contributed by atoms with Crippen LogP contribution in [0, 0.1) is 40.9 Å². The maximum Gasteiger partial charge on any atom is 0.416 e. The number of rotatable bonds is 7. The van der Waals surface area contributed by atoms with Crippen LogP contribution in [0.2, 0.25) is 0 Å². The van der Waals surface area contributed by atoms with E-state index in [1.165, 1.54) is 12.3 Å². The van der Waals surface area contributed by atoms with Gasteiger partial charge in [0.2, 0.25) is 17.7 Å². The van der Waals surface area contributed by atoms with Gasteiger partial charge in [-0.2, -0.15) is 13.2 Å². The lowest BCUT2D eigenvalue weighted by Crippen LogP contribution is -2.54. The van der Waals surface area contributed by atoms with Crippen LogP contribution in [0.5, 0.6) is 0 Å². The van der Waals surface area contributed by atoms with E-state index < -0.39 is 52.9 Å². The van der Waals surface area contributed by atoms with Crippen molar-refractivity contribution in [2.75, 3.05) is 23.3 Å². The van der Waals surface area contributed by atoms with E-state index in [9.17, 15) is 37.1 Å². The molecule has 4 aliphatic rings. The molecule has 1 unspecified atom stereocenters. The second-order valence-corrected chi connectivity index (χ2v) is 13.3. The van der Waals surface area contributed by atoms with Gasteiger partial charge in [0, 0.05) is 49.1 Å². The number of fused-ring (bicyclic) bond motifs is 1. The molecule has 6 rings (SSSR count). The molecule has 2 aromatic carbocycles. The first-order valence-corrected chi connectivity index (χ1v) is 16.3. The zero-order chi connectivity index (χ0) is 36.7. The molecule has 5 amide bonds. The molecule has 11 nitrogen and oxygen atoms in total. The fourth-order valence-electron chi connectivity index (χ4n) is 5.68. The summed E-state index contributed by atoms with van der Waals surface area (Å²) < 4.78 is 40.0. The quantitative estimate of drug-likeness (QED) is 0.195. The van der Waals surface area contributed by atoms with Crippen LogP contribution in [0.25, 0.3) is 0 Å². The highest BCUT2D eigenvalue weighted by molar-refractivity contribution is 6.23. The van der Waals surface area contributed by atoms with Gasteiger partial charge < -0.3 is 20.9 Å². The van der Waals surface area contributed by atoms with Crippen LogP contribution in [0.3, 0.4) is 0 Å². The molecule has 3 fully saturated rings. The summed E-state index contributed by atoms with van der Waals surface area (Å²) in [7, 11) is 0. The van der Waals surface area contributed by atoms with Crippen molar-refractivity contribution >= 4 is 47.1 Å². The summed E-state index contributed by atoms with van der Waals surface area (Å²) in [6.45, 7) is 4.18. The van der Waals surface area contributed by atoms with Gasteiger partial charge in [-0.15, -0.1) is 0 Å². The number of allylic oxidation sites excluding steroid dienone is 1. The van der Waals surface area contributed by atoms with Gasteiger partial charge in [0.15, 0.2) is 0 Å². The number of hydrogen-bond acceptors (Lipinski definition) is 8. The molecule has 3 heterocycles. The normalized spacial score (nSPS) is 19.2. The number of alkyl halides is 3. The second kappa shape index (κ2) is 13.4. The molecule has 1 saturated carbocycles. The molecule has 4 N–H and O–H groups in total. The Bertz CT molecular complexity index is 2020. The van der Waals surface area contributed by atoms with Gasteiger partial charge in [-0.05, 0) is 69.5 Å². The number of imide groups is 2. The van der Waals surface area contributed by atoms with Crippen LogP contribution in [-0.4, -0.2) is 65.3 Å². The summed E-state index contributed by atoms with van der Waals surface area (Å²) in [6, 6.07) is 6.85. The van der Waals surface area contributed by atoms with Crippen LogP contribution in [-0.2, 0) is 20.6 Å². The van der Waals surface area contributed by atoms with Crippen molar-refractivity contribution in [3.63, 3.8) is 0 Å². The molecule has 51 heavy (non-hydrogen) atoms. The van der Waals surface area contributed by atoms with Gasteiger partial charge in [-0.1, -0.05) is 23.7 Å². The summed E-state index contributed by atoms with van der Waals surface area (Å²) >= 11 is 0. The third-order valence-corrected chi connectivity index (χ3v) is 8.99. The number of nitrogens with one attached hydrogen (secondary N) is 4. The molecule has 2 aromatic rings. The van der Waals surface area contributed by atoms with Crippen LogP contribution >= 0.6 is 0 Å². The number of carbonyl (C=O) groups excluding carboxylic acids is 5. The van der Waals surface area contributed by atoms with Gasteiger partial charge in [-0.25, -0.2) is 0 Å². The summed E-state index contributed by atoms with van der Waals surface area (Å²) in [6.07, 6.45) is -0.213. The lowest BCUT2D eigenvalue weighted by Gasteiger charge is -2.38. The number of halogens is 3. The number of benzene rings is 2. The van der Waals surface area contributed by atoms with Crippen LogP contribution in [0.4, 0.5) is 24.5 Å². The maximum atomic E-state index is 13.3. The van der Waals surface area contributed by atoms with Crippen LogP contribution in [0.1, 0.15) is 71.4 Å². The Morgan fingerprint density at radius 2 is 1.69 bits per heavy atom. The molecule has 0 bridgehead atoms. The van der Waals surface area contributed by atoms with Gasteiger partial charge in [-0.3, -0.25) is 34.2 Å². The molecule has 2 saturated heterocycles. The molecule has 0 aromatic heterocycles. The minimum atomic E-state index is -4.56. The standard InChI is InChI=1S/C37H33F3N6O5/c1-36(2,35(51)43-29-12-9-25(37(38,39)40)15-24(29)8-7-21-3-4-21)42-18-22(17-41)5-6-23-19-45(20-23)26-10-11-27-28(16-26)34(50)46(33(27)49)30-13-14-31(47)44-32(30)48/h9-12,15-18,21,23,30,41-42H,3-4,13-14,19-20H2,1-2H3,(H,43,51)(H,44,47,48)/b22-18-,41-17?. The topological polar surface area (TPSA) is 152 Å². The molecule has 1 aliphatic carbocycles. The highest BCUT2D eigenvalue weighted by Gasteiger charge is 2.45. The Balaban J connectivity index is 1.06. The van der Waals surface area contributed by atoms with E-state index >= 15 is 0 Å². The highest BCUT2D eigenvalue weighted by Crippen LogP contribution is 2.34. The molecule has 14 heteroatoms. The second-order valence-electron chi connectivity index (χ2n) is 13.3. The van der Waals surface area contributed by atoms with E-state index in [1.54, 1.807) is 32.0 Å². The van der Waals surface area contributed by atoms with E-state index in [0.29, 0.717) is 18.8 Å². The van der Waals surface area contributed by atoms with Crippen molar-refractivity contribution in [1.29, 1.82) is 5.41 Å². The first-order chi connectivity index (χ1) is 24.1. The third kappa shape index (κ3) is 7.50. The zero-order valence-electron chi connectivity index (χ0n) is 27.7. The number of hydrogen-bond donors (Lipinski definition) is 4. The first kappa shape index (κ1) is 35.0. The van der Waals surface area contributed by atoms with Gasteiger partial charge >= 0.3 is 6.18 Å². The maximum absolute atomic E-state index is 13.3. The minimum absolute atomic E-state index is 0.0340. The minimum Gasteiger partial charge on any atom is -0.377 e. The molecule has 0 spiro atoms. The summed E-state index contributed by atoms with van der Waals surface area (Å²) in [4.78, 5) is 66.1. The van der Waals surface area contributed by atoms with E-state index in [0.717, 1.165) is 36.1 Å². The zero-order valence-corrected chi connectivity index (χ0v) is 27.7. The van der Waals surface area contributed by atoms with Crippen molar-refractivity contribution in [2.24, 2.45) is 11.8 Å². The smallest absolute Gasteiger partial charge is 0.377 e. The van der Waals surface area contributed by atoms with Gasteiger partial charge in [0.1, 0.15) is 11.6 Å². The van der Waals surface area contributed by atoms with E-state index in [4.69, 9.17) is 5.41 Å². The number of amides is 5. The largest absolute Gasteiger partial charge is 0.416 e. The van der Waals surface area contributed by atoms with Gasteiger partial charge in [0.25, 0.3) is 11.8 Å². The van der Waals surface area contributed by atoms with Crippen LogP contribution in [0.15, 0.2) is 48.2 Å². The van der Waals surface area contributed by atoms with Gasteiger partial charge in [0.05, 0.1) is 33.9 Å². The predicted molar refractivity (Wildman–Crippen MR) is 180 cm³/mol. The van der Waals surface area contributed by atoms with E-state index in [1.807, 2.05) is 4.90 Å². The molecule has 262 valence electrons. The third-order valence-electron chi connectivity index (χ3n) is 8.99. The predicted octanol–water partition coefficient (Wildman–Crippen LogP) is 3.85. The molecule has 1 atom stereocenters. The fourth-order valence-corrected chi connectivity index (χ4v) is 5.68. The average molecular weight is 699 g/mol. The van der Waals surface area contributed by atoms with Crippen molar-refractivity contribution in [3.05, 3.63) is 70.4 Å². The molecular weight excluding hydrogens is 665 g/mol. The van der Waals surface area contributed by atoms with Crippen molar-refractivity contribution in [2.45, 2.75) is 57.3 Å². The average Bonchev–Trinajstić information content (AvgIpc) is 3.86.